The molecule has 136 valence electrons. The summed E-state index contributed by atoms with van der Waals surface area (Å²) in [5.74, 6) is 3.86. The van der Waals surface area contributed by atoms with Crippen molar-refractivity contribution < 1.29 is 13.9 Å². The number of benzene rings is 2. The fraction of sp³-hybridized carbons (Fsp3) is 0.182. The second kappa shape index (κ2) is 8.72. The van der Waals surface area contributed by atoms with Crippen molar-refractivity contribution in [1.82, 2.24) is 10.3 Å². The Morgan fingerprint density at radius 2 is 1.93 bits per heavy atom. The molecule has 2 aromatic carbocycles. The molecule has 0 aliphatic carbocycles. The summed E-state index contributed by atoms with van der Waals surface area (Å²) in [6.07, 6.45) is 5.86. The lowest BCUT2D eigenvalue weighted by molar-refractivity contribution is 0.0948. The zero-order chi connectivity index (χ0) is 19.1. The Bertz CT molecular complexity index is 938. The van der Waals surface area contributed by atoms with E-state index in [-0.39, 0.29) is 12.5 Å². The standard InChI is InChI=1S/C22H20N2O3/c1-3-15-26-19-11-9-17(10-12-19)13-14-23-21(25)20-16(2)27-22(24-20)18-7-5-4-6-8-18/h1,4-12H,13-15H2,2H3,(H,23,25). The number of nitrogens with one attached hydrogen (secondary N) is 1. The number of oxazole rings is 1. The number of amides is 1. The molecule has 1 amide bonds. The van der Waals surface area contributed by atoms with Crippen molar-refractivity contribution in [3.05, 3.63) is 71.6 Å². The molecular weight excluding hydrogens is 340 g/mol. The zero-order valence-corrected chi connectivity index (χ0v) is 15.1. The molecule has 0 fully saturated rings. The summed E-state index contributed by atoms with van der Waals surface area (Å²) in [5.41, 5.74) is 2.24. The second-order valence-electron chi connectivity index (χ2n) is 5.93. The third kappa shape index (κ3) is 4.77. The number of ether oxygens (including phenoxy) is 1. The van der Waals surface area contributed by atoms with Crippen molar-refractivity contribution in [2.24, 2.45) is 0 Å². The van der Waals surface area contributed by atoms with Crippen LogP contribution in [0.4, 0.5) is 0 Å². The summed E-state index contributed by atoms with van der Waals surface area (Å²) in [7, 11) is 0. The van der Waals surface area contributed by atoms with Crippen LogP contribution >= 0.6 is 0 Å². The van der Waals surface area contributed by atoms with Gasteiger partial charge in [-0.25, -0.2) is 4.98 Å². The first-order valence-electron chi connectivity index (χ1n) is 8.63. The number of terminal acetylenes is 1. The number of carbonyl (C=O) groups excluding carboxylic acids is 1. The highest BCUT2D eigenvalue weighted by Gasteiger charge is 2.17. The third-order valence-electron chi connectivity index (χ3n) is 3.98. The van der Waals surface area contributed by atoms with Gasteiger partial charge in [-0.05, 0) is 43.2 Å². The van der Waals surface area contributed by atoms with Gasteiger partial charge in [0.05, 0.1) is 0 Å². The SMILES string of the molecule is C#CCOc1ccc(CCNC(=O)c2nc(-c3ccccc3)oc2C)cc1. The molecule has 0 bridgehead atoms. The first kappa shape index (κ1) is 18.3. The van der Waals surface area contributed by atoms with Crippen LogP contribution in [0.5, 0.6) is 5.75 Å². The molecule has 0 aliphatic heterocycles. The van der Waals surface area contributed by atoms with E-state index in [1.807, 2.05) is 54.6 Å². The molecule has 0 aliphatic rings. The van der Waals surface area contributed by atoms with Gasteiger partial charge < -0.3 is 14.5 Å². The molecule has 5 nitrogen and oxygen atoms in total. The van der Waals surface area contributed by atoms with Crippen LogP contribution in [0.25, 0.3) is 11.5 Å². The highest BCUT2D eigenvalue weighted by atomic mass is 16.5. The van der Waals surface area contributed by atoms with Gasteiger partial charge in [0.2, 0.25) is 5.89 Å². The molecule has 0 saturated carbocycles. The van der Waals surface area contributed by atoms with Gasteiger partial charge in [-0.15, -0.1) is 6.42 Å². The molecule has 1 aromatic heterocycles. The number of nitrogens with zero attached hydrogens (tertiary/aromatic N) is 1. The van der Waals surface area contributed by atoms with E-state index in [0.717, 1.165) is 16.9 Å². The lowest BCUT2D eigenvalue weighted by Crippen LogP contribution is -2.26. The fourth-order valence-corrected chi connectivity index (χ4v) is 2.59. The van der Waals surface area contributed by atoms with Gasteiger partial charge in [0.15, 0.2) is 5.69 Å². The van der Waals surface area contributed by atoms with Crippen molar-refractivity contribution in [2.75, 3.05) is 13.2 Å². The van der Waals surface area contributed by atoms with Crippen molar-refractivity contribution in [2.45, 2.75) is 13.3 Å². The first-order chi connectivity index (χ1) is 13.2. The fourth-order valence-electron chi connectivity index (χ4n) is 2.59. The first-order valence-corrected chi connectivity index (χ1v) is 8.63. The van der Waals surface area contributed by atoms with Gasteiger partial charge in [-0.1, -0.05) is 36.3 Å². The smallest absolute Gasteiger partial charge is 0.273 e. The predicted octanol–water partition coefficient (Wildman–Crippen LogP) is 3.63. The quantitative estimate of drug-likeness (QED) is 0.654. The Labute approximate surface area is 158 Å². The van der Waals surface area contributed by atoms with Gasteiger partial charge in [0, 0.05) is 12.1 Å². The molecule has 0 atom stereocenters. The maximum absolute atomic E-state index is 12.4. The summed E-state index contributed by atoms with van der Waals surface area (Å²) < 4.78 is 11.0. The second-order valence-corrected chi connectivity index (χ2v) is 5.93. The van der Waals surface area contributed by atoms with E-state index in [1.54, 1.807) is 6.92 Å². The lowest BCUT2D eigenvalue weighted by atomic mass is 10.1. The van der Waals surface area contributed by atoms with Crippen molar-refractivity contribution in [1.29, 1.82) is 0 Å². The van der Waals surface area contributed by atoms with Crippen LogP contribution in [0.15, 0.2) is 59.0 Å². The van der Waals surface area contributed by atoms with Crippen LogP contribution in [0.1, 0.15) is 21.8 Å². The van der Waals surface area contributed by atoms with Gasteiger partial charge in [0.25, 0.3) is 5.91 Å². The molecule has 5 heteroatoms. The van der Waals surface area contributed by atoms with Crippen molar-refractivity contribution in [3.63, 3.8) is 0 Å². The minimum Gasteiger partial charge on any atom is -0.481 e. The van der Waals surface area contributed by atoms with Crippen molar-refractivity contribution >= 4 is 5.91 Å². The normalized spacial score (nSPS) is 10.2. The Balaban J connectivity index is 1.55. The van der Waals surface area contributed by atoms with Gasteiger partial charge in [0.1, 0.15) is 18.1 Å². The maximum atomic E-state index is 12.4. The number of carbonyl (C=O) groups is 1. The molecule has 27 heavy (non-hydrogen) atoms. The van der Waals surface area contributed by atoms with E-state index >= 15 is 0 Å². The molecule has 0 spiro atoms. The van der Waals surface area contributed by atoms with E-state index in [4.69, 9.17) is 15.6 Å². The van der Waals surface area contributed by atoms with Crippen LogP contribution in [-0.4, -0.2) is 24.0 Å². The maximum Gasteiger partial charge on any atom is 0.273 e. The van der Waals surface area contributed by atoms with E-state index in [0.29, 0.717) is 30.3 Å². The lowest BCUT2D eigenvalue weighted by Gasteiger charge is -2.06. The Hall–Kier alpha value is -3.52. The largest absolute Gasteiger partial charge is 0.481 e. The van der Waals surface area contributed by atoms with Gasteiger partial charge >= 0.3 is 0 Å². The Kier molecular flexibility index (Phi) is 5.91. The number of aromatic nitrogens is 1. The molecular formula is C22H20N2O3. The van der Waals surface area contributed by atoms with Gasteiger partial charge in [-0.2, -0.15) is 0 Å². The molecule has 0 radical (unpaired) electrons. The monoisotopic (exact) mass is 360 g/mol. The number of hydrogen-bond donors (Lipinski definition) is 1. The summed E-state index contributed by atoms with van der Waals surface area (Å²) in [4.78, 5) is 16.7. The minimum absolute atomic E-state index is 0.243. The van der Waals surface area contributed by atoms with Crippen LogP contribution < -0.4 is 10.1 Å². The van der Waals surface area contributed by atoms with Crippen LogP contribution in [-0.2, 0) is 6.42 Å². The van der Waals surface area contributed by atoms with E-state index < -0.39 is 0 Å². The number of hydrogen-bond acceptors (Lipinski definition) is 4. The molecule has 1 N–H and O–H groups in total. The average molecular weight is 360 g/mol. The summed E-state index contributed by atoms with van der Waals surface area (Å²) in [6, 6.07) is 17.1. The molecule has 3 rings (SSSR count). The van der Waals surface area contributed by atoms with E-state index in [2.05, 4.69) is 16.2 Å². The topological polar surface area (TPSA) is 64.4 Å². The summed E-state index contributed by atoms with van der Waals surface area (Å²) >= 11 is 0. The summed E-state index contributed by atoms with van der Waals surface area (Å²) in [6.45, 7) is 2.48. The molecule has 1 heterocycles. The van der Waals surface area contributed by atoms with Crippen molar-refractivity contribution in [3.8, 4) is 29.5 Å². The van der Waals surface area contributed by atoms with Gasteiger partial charge in [-0.3, -0.25) is 4.79 Å². The van der Waals surface area contributed by atoms with Crippen LogP contribution in [0, 0.1) is 19.3 Å². The average Bonchev–Trinajstić information content (AvgIpc) is 3.10. The van der Waals surface area contributed by atoms with Crippen LogP contribution in [0.3, 0.4) is 0 Å². The molecule has 0 unspecified atom stereocenters. The van der Waals surface area contributed by atoms with E-state index in [1.165, 1.54) is 0 Å². The Morgan fingerprint density at radius 3 is 2.63 bits per heavy atom. The predicted molar refractivity (Wildman–Crippen MR) is 103 cm³/mol. The highest BCUT2D eigenvalue weighted by Crippen LogP contribution is 2.21. The summed E-state index contributed by atoms with van der Waals surface area (Å²) in [5, 5.41) is 2.88. The Morgan fingerprint density at radius 1 is 1.19 bits per heavy atom. The van der Waals surface area contributed by atoms with E-state index in [9.17, 15) is 4.79 Å². The molecule has 0 saturated heterocycles. The number of aryl methyl sites for hydroxylation is 1. The minimum atomic E-state index is -0.243. The van der Waals surface area contributed by atoms with Crippen LogP contribution in [0.2, 0.25) is 0 Å². The highest BCUT2D eigenvalue weighted by molar-refractivity contribution is 5.93. The zero-order valence-electron chi connectivity index (χ0n) is 15.1. The number of rotatable bonds is 7. The third-order valence-corrected chi connectivity index (χ3v) is 3.98. The molecule has 3 aromatic rings.